The van der Waals surface area contributed by atoms with Crippen LogP contribution in [0, 0.1) is 5.92 Å². The third-order valence-electron chi connectivity index (χ3n) is 7.05. The fourth-order valence-electron chi connectivity index (χ4n) is 5.49. The summed E-state index contributed by atoms with van der Waals surface area (Å²) in [7, 11) is 0. The van der Waals surface area contributed by atoms with Gasteiger partial charge in [-0.3, -0.25) is 9.58 Å². The Hall–Kier alpha value is -2.25. The molecule has 0 aromatic carbocycles. The molecule has 7 nitrogen and oxygen atoms in total. The second-order valence-corrected chi connectivity index (χ2v) is 9.13. The molecule has 0 bridgehead atoms. The molecule has 2 fully saturated rings. The zero-order valence-electron chi connectivity index (χ0n) is 18.4. The smallest absolute Gasteiger partial charge is 0.225 e. The topological polar surface area (TPSA) is 70.3 Å². The summed E-state index contributed by atoms with van der Waals surface area (Å²) in [5.41, 5.74) is 3.25. The minimum atomic E-state index is 0.0943. The number of aromatic nitrogens is 4. The van der Waals surface area contributed by atoms with Gasteiger partial charge in [0.1, 0.15) is 0 Å². The van der Waals surface area contributed by atoms with E-state index in [9.17, 15) is 5.11 Å². The van der Waals surface area contributed by atoms with Crippen molar-refractivity contribution >= 4 is 5.95 Å². The van der Waals surface area contributed by atoms with Crippen LogP contribution in [0.15, 0.2) is 30.6 Å². The van der Waals surface area contributed by atoms with Crippen LogP contribution in [0.25, 0.3) is 11.3 Å². The van der Waals surface area contributed by atoms with Gasteiger partial charge in [-0.15, -0.1) is 0 Å². The van der Waals surface area contributed by atoms with Crippen LogP contribution < -0.4 is 4.90 Å². The quantitative estimate of drug-likeness (QED) is 0.690. The molecule has 2 aromatic rings. The summed E-state index contributed by atoms with van der Waals surface area (Å²) in [6, 6.07) is 2.34. The van der Waals surface area contributed by atoms with Gasteiger partial charge in [-0.1, -0.05) is 12.2 Å². The molecule has 2 aromatic heterocycles. The average molecular weight is 423 g/mol. The van der Waals surface area contributed by atoms with Crippen molar-refractivity contribution in [1.29, 1.82) is 0 Å². The lowest BCUT2D eigenvalue weighted by molar-refractivity contribution is 0.197. The number of allylic oxidation sites excluding steroid dienone is 2. The molecule has 0 spiro atoms. The van der Waals surface area contributed by atoms with Crippen LogP contribution in [-0.4, -0.2) is 62.5 Å². The Bertz CT molecular complexity index is 903. The fraction of sp³-hybridized carbons (Fsp3) is 0.625. The van der Waals surface area contributed by atoms with E-state index in [0.717, 1.165) is 55.7 Å². The molecule has 5 rings (SSSR count). The molecule has 3 aliphatic rings. The Labute approximate surface area is 184 Å². The molecular weight excluding hydrogens is 388 g/mol. The highest BCUT2D eigenvalue weighted by Crippen LogP contribution is 2.39. The molecular formula is C24H34N6O. The minimum Gasteiger partial charge on any atom is -0.394 e. The molecule has 0 saturated carbocycles. The van der Waals surface area contributed by atoms with Gasteiger partial charge in [-0.2, -0.15) is 5.10 Å². The largest absolute Gasteiger partial charge is 0.394 e. The van der Waals surface area contributed by atoms with Crippen molar-refractivity contribution in [2.24, 2.45) is 5.92 Å². The van der Waals surface area contributed by atoms with E-state index in [4.69, 9.17) is 4.98 Å². The first-order valence-electron chi connectivity index (χ1n) is 12.0. The van der Waals surface area contributed by atoms with Gasteiger partial charge >= 0.3 is 0 Å². The highest BCUT2D eigenvalue weighted by Gasteiger charge is 2.33. The number of aliphatic hydroxyl groups excluding tert-OH is 1. The van der Waals surface area contributed by atoms with Gasteiger partial charge < -0.3 is 10.0 Å². The van der Waals surface area contributed by atoms with Crippen LogP contribution in [-0.2, 0) is 6.54 Å². The molecule has 2 saturated heterocycles. The third kappa shape index (κ3) is 4.39. The van der Waals surface area contributed by atoms with Gasteiger partial charge in [0, 0.05) is 31.4 Å². The van der Waals surface area contributed by atoms with E-state index in [-0.39, 0.29) is 6.61 Å². The standard InChI is InChI=1S/C24H34N6O/c31-16-15-30-23(22-9-6-14-29(22)18-19-7-2-1-3-8-19)20(17-26-30)21-10-11-25-24(27-21)28-12-4-5-13-28/h1-2,10-11,17,19,22,31H,3-9,12-16,18H2/t19-,22-/m1/s1. The Morgan fingerprint density at radius 3 is 2.77 bits per heavy atom. The first kappa shape index (κ1) is 20.6. The van der Waals surface area contributed by atoms with Crippen molar-refractivity contribution in [3.05, 3.63) is 36.3 Å². The normalized spacial score (nSPS) is 24.4. The van der Waals surface area contributed by atoms with Gasteiger partial charge in [0.05, 0.1) is 36.8 Å². The van der Waals surface area contributed by atoms with E-state index in [1.165, 1.54) is 44.2 Å². The van der Waals surface area contributed by atoms with Gasteiger partial charge in [0.25, 0.3) is 0 Å². The Balaban J connectivity index is 1.46. The SMILES string of the molecule is OCCn1ncc(-c2ccnc(N3CCCC3)n2)c1[C@H]1CCCN1C[C@@H]1CC=CCC1. The highest BCUT2D eigenvalue weighted by atomic mass is 16.3. The predicted molar refractivity (Wildman–Crippen MR) is 122 cm³/mol. The summed E-state index contributed by atoms with van der Waals surface area (Å²) < 4.78 is 2.01. The average Bonchev–Trinajstić information content (AvgIpc) is 3.56. The van der Waals surface area contributed by atoms with Gasteiger partial charge in [0.2, 0.25) is 5.95 Å². The Morgan fingerprint density at radius 2 is 1.97 bits per heavy atom. The second kappa shape index (κ2) is 9.49. The van der Waals surface area contributed by atoms with Gasteiger partial charge in [-0.25, -0.2) is 9.97 Å². The summed E-state index contributed by atoms with van der Waals surface area (Å²) in [6.07, 6.45) is 16.9. The number of hydrogen-bond acceptors (Lipinski definition) is 6. The van der Waals surface area contributed by atoms with E-state index in [0.29, 0.717) is 12.6 Å². The highest BCUT2D eigenvalue weighted by molar-refractivity contribution is 5.63. The van der Waals surface area contributed by atoms with Crippen LogP contribution in [0.2, 0.25) is 0 Å². The molecule has 166 valence electrons. The second-order valence-electron chi connectivity index (χ2n) is 9.13. The molecule has 0 amide bonds. The van der Waals surface area contributed by atoms with Crippen LogP contribution in [0.4, 0.5) is 5.95 Å². The zero-order valence-corrected chi connectivity index (χ0v) is 18.4. The molecule has 1 aliphatic carbocycles. The molecule has 4 heterocycles. The van der Waals surface area contributed by atoms with Crippen LogP contribution in [0.5, 0.6) is 0 Å². The maximum atomic E-state index is 9.67. The van der Waals surface area contributed by atoms with E-state index in [1.54, 1.807) is 0 Å². The summed E-state index contributed by atoms with van der Waals surface area (Å²) >= 11 is 0. The van der Waals surface area contributed by atoms with Crippen LogP contribution in [0.1, 0.15) is 56.7 Å². The Kier molecular flexibility index (Phi) is 6.32. The first-order chi connectivity index (χ1) is 15.3. The molecule has 0 unspecified atom stereocenters. The zero-order chi connectivity index (χ0) is 21.0. The van der Waals surface area contributed by atoms with Crippen molar-refractivity contribution < 1.29 is 5.11 Å². The minimum absolute atomic E-state index is 0.0943. The number of likely N-dealkylation sites (tertiary alicyclic amines) is 1. The first-order valence-corrected chi connectivity index (χ1v) is 12.0. The number of hydrogen-bond donors (Lipinski definition) is 1. The van der Waals surface area contributed by atoms with Crippen molar-refractivity contribution in [3.8, 4) is 11.3 Å². The summed E-state index contributed by atoms with van der Waals surface area (Å²) in [6.45, 7) is 4.96. The van der Waals surface area contributed by atoms with Crippen molar-refractivity contribution in [2.45, 2.75) is 57.5 Å². The van der Waals surface area contributed by atoms with Gasteiger partial charge in [0.15, 0.2) is 0 Å². The van der Waals surface area contributed by atoms with E-state index in [2.05, 4.69) is 32.0 Å². The molecule has 0 radical (unpaired) electrons. The summed E-state index contributed by atoms with van der Waals surface area (Å²) in [4.78, 5) is 14.4. The van der Waals surface area contributed by atoms with Crippen molar-refractivity contribution in [3.63, 3.8) is 0 Å². The lowest BCUT2D eigenvalue weighted by Gasteiger charge is -2.30. The lowest BCUT2D eigenvalue weighted by atomic mass is 9.93. The van der Waals surface area contributed by atoms with Crippen LogP contribution >= 0.6 is 0 Å². The molecule has 2 atom stereocenters. The number of aliphatic hydroxyl groups is 1. The van der Waals surface area contributed by atoms with E-state index in [1.807, 2.05) is 23.1 Å². The van der Waals surface area contributed by atoms with Crippen molar-refractivity contribution in [1.82, 2.24) is 24.6 Å². The maximum absolute atomic E-state index is 9.67. The molecule has 1 N–H and O–H groups in total. The number of anilines is 1. The molecule has 7 heteroatoms. The molecule has 31 heavy (non-hydrogen) atoms. The monoisotopic (exact) mass is 422 g/mol. The van der Waals surface area contributed by atoms with E-state index < -0.39 is 0 Å². The maximum Gasteiger partial charge on any atom is 0.225 e. The molecule has 2 aliphatic heterocycles. The fourth-order valence-corrected chi connectivity index (χ4v) is 5.49. The third-order valence-corrected chi connectivity index (χ3v) is 7.05. The summed E-state index contributed by atoms with van der Waals surface area (Å²) in [5.74, 6) is 1.57. The predicted octanol–water partition coefficient (Wildman–Crippen LogP) is 3.43. The summed E-state index contributed by atoms with van der Waals surface area (Å²) in [5, 5.41) is 14.3. The Morgan fingerprint density at radius 1 is 1.06 bits per heavy atom. The van der Waals surface area contributed by atoms with Crippen molar-refractivity contribution in [2.75, 3.05) is 37.7 Å². The van der Waals surface area contributed by atoms with E-state index >= 15 is 0 Å². The number of nitrogens with zero attached hydrogens (tertiary/aromatic N) is 6. The number of rotatable bonds is 7. The van der Waals surface area contributed by atoms with Gasteiger partial charge in [-0.05, 0) is 63.5 Å². The van der Waals surface area contributed by atoms with Crippen LogP contribution in [0.3, 0.4) is 0 Å². The lowest BCUT2D eigenvalue weighted by Crippen LogP contribution is -2.31.